The Morgan fingerprint density at radius 3 is 2.17 bits per heavy atom. The van der Waals surface area contributed by atoms with Crippen LogP contribution in [0.2, 0.25) is 0 Å². The Labute approximate surface area is 133 Å². The zero-order chi connectivity index (χ0) is 16.6. The molecule has 5 heteroatoms. The van der Waals surface area contributed by atoms with E-state index in [9.17, 15) is 13.2 Å². The van der Waals surface area contributed by atoms with Crippen molar-refractivity contribution in [3.63, 3.8) is 0 Å². The minimum absolute atomic E-state index is 0.192. The summed E-state index contributed by atoms with van der Waals surface area (Å²) < 4.78 is 39.5. The number of hydrogen-bond acceptors (Lipinski definition) is 2. The molecule has 0 atom stereocenters. The Morgan fingerprint density at radius 1 is 1.00 bits per heavy atom. The normalized spacial score (nSPS) is 15.2. The van der Waals surface area contributed by atoms with Crippen LogP contribution in [0.3, 0.4) is 0 Å². The lowest BCUT2D eigenvalue weighted by Crippen LogP contribution is -2.21. The Bertz CT molecular complexity index is 699. The van der Waals surface area contributed by atoms with Crippen LogP contribution in [0.4, 0.5) is 24.5 Å². The van der Waals surface area contributed by atoms with Gasteiger partial charge in [0.25, 0.3) is 0 Å². The van der Waals surface area contributed by atoms with Crippen LogP contribution < -0.4 is 10.6 Å². The molecule has 0 aliphatic carbocycles. The maximum atomic E-state index is 13.2. The first-order chi connectivity index (χ1) is 10.9. The van der Waals surface area contributed by atoms with E-state index in [1.807, 2.05) is 31.2 Å². The monoisotopic (exact) mass is 320 g/mol. The molecule has 3 rings (SSSR count). The van der Waals surface area contributed by atoms with Crippen molar-refractivity contribution in [2.75, 3.05) is 23.7 Å². The molecule has 0 radical (unpaired) electrons. The predicted octanol–water partition coefficient (Wildman–Crippen LogP) is 4.86. The summed E-state index contributed by atoms with van der Waals surface area (Å²) in [5.74, 6) is 0. The summed E-state index contributed by atoms with van der Waals surface area (Å²) >= 11 is 0. The van der Waals surface area contributed by atoms with E-state index in [2.05, 4.69) is 4.90 Å². The van der Waals surface area contributed by atoms with Gasteiger partial charge in [0.15, 0.2) is 0 Å². The third-order valence-corrected chi connectivity index (χ3v) is 4.25. The molecule has 1 heterocycles. The highest BCUT2D eigenvalue weighted by Crippen LogP contribution is 2.42. The summed E-state index contributed by atoms with van der Waals surface area (Å²) in [4.78, 5) is 2.09. The zero-order valence-corrected chi connectivity index (χ0v) is 13.0. The number of rotatable bonds is 2. The first kappa shape index (κ1) is 15.7. The van der Waals surface area contributed by atoms with Crippen molar-refractivity contribution in [2.45, 2.75) is 25.9 Å². The van der Waals surface area contributed by atoms with E-state index < -0.39 is 11.7 Å². The third kappa shape index (κ3) is 3.14. The highest BCUT2D eigenvalue weighted by molar-refractivity contribution is 5.88. The number of nitrogens with zero attached hydrogens (tertiary/aromatic N) is 1. The van der Waals surface area contributed by atoms with E-state index in [1.54, 1.807) is 0 Å². The van der Waals surface area contributed by atoms with Gasteiger partial charge in [0.05, 0.1) is 16.9 Å². The highest BCUT2D eigenvalue weighted by Gasteiger charge is 2.33. The molecule has 0 bridgehead atoms. The molecule has 2 nitrogen and oxygen atoms in total. The number of aryl methyl sites for hydroxylation is 1. The average molecular weight is 320 g/mol. The fourth-order valence-corrected chi connectivity index (χ4v) is 3.07. The smallest absolute Gasteiger partial charge is 0.397 e. The lowest BCUT2D eigenvalue weighted by atomic mass is 9.97. The number of nitrogen functional groups attached to an aromatic ring is 1. The second-order valence-electron chi connectivity index (χ2n) is 6.02. The molecule has 0 amide bonds. The van der Waals surface area contributed by atoms with Crippen molar-refractivity contribution in [1.29, 1.82) is 0 Å². The van der Waals surface area contributed by atoms with Gasteiger partial charge in [-0.25, -0.2) is 0 Å². The molecule has 0 saturated carbocycles. The van der Waals surface area contributed by atoms with Gasteiger partial charge in [0.1, 0.15) is 0 Å². The van der Waals surface area contributed by atoms with Gasteiger partial charge in [-0.3, -0.25) is 0 Å². The Kier molecular flexibility index (Phi) is 3.96. The molecule has 0 aromatic heterocycles. The van der Waals surface area contributed by atoms with E-state index in [1.165, 1.54) is 6.07 Å². The van der Waals surface area contributed by atoms with Crippen LogP contribution in [-0.2, 0) is 6.18 Å². The number of alkyl halides is 3. The molecule has 1 aliphatic heterocycles. The van der Waals surface area contributed by atoms with Crippen molar-refractivity contribution < 1.29 is 13.2 Å². The molecule has 0 spiro atoms. The maximum Gasteiger partial charge on any atom is 0.416 e. The molecule has 2 aromatic rings. The maximum absolute atomic E-state index is 13.2. The molecular formula is C18H19F3N2. The zero-order valence-electron chi connectivity index (χ0n) is 13.0. The predicted molar refractivity (Wildman–Crippen MR) is 87.5 cm³/mol. The summed E-state index contributed by atoms with van der Waals surface area (Å²) in [6.45, 7) is 3.61. The van der Waals surface area contributed by atoms with E-state index in [-0.39, 0.29) is 5.69 Å². The van der Waals surface area contributed by atoms with Crippen LogP contribution in [-0.4, -0.2) is 13.1 Å². The van der Waals surface area contributed by atoms with Crippen LogP contribution in [0, 0.1) is 6.92 Å². The summed E-state index contributed by atoms with van der Waals surface area (Å²) in [6, 6.07) is 9.77. The number of halogens is 3. The van der Waals surface area contributed by atoms with E-state index >= 15 is 0 Å². The van der Waals surface area contributed by atoms with Gasteiger partial charge in [-0.1, -0.05) is 29.8 Å². The number of nitrogens with two attached hydrogens (primary N) is 1. The fourth-order valence-electron chi connectivity index (χ4n) is 3.07. The topological polar surface area (TPSA) is 29.3 Å². The van der Waals surface area contributed by atoms with Gasteiger partial charge >= 0.3 is 6.18 Å². The van der Waals surface area contributed by atoms with Crippen molar-refractivity contribution >= 4 is 11.4 Å². The summed E-state index contributed by atoms with van der Waals surface area (Å²) in [5, 5.41) is 0. The second-order valence-corrected chi connectivity index (χ2v) is 6.02. The number of hydrogen-bond donors (Lipinski definition) is 1. The summed E-state index contributed by atoms with van der Waals surface area (Å²) in [6.07, 6.45) is -2.33. The molecule has 2 N–H and O–H groups in total. The van der Waals surface area contributed by atoms with Gasteiger partial charge in [0, 0.05) is 18.7 Å². The van der Waals surface area contributed by atoms with Crippen LogP contribution >= 0.6 is 0 Å². The Hall–Kier alpha value is -2.17. The minimum atomic E-state index is -4.41. The molecule has 0 unspecified atom stereocenters. The minimum Gasteiger partial charge on any atom is -0.397 e. The van der Waals surface area contributed by atoms with Crippen molar-refractivity contribution in [3.8, 4) is 11.1 Å². The van der Waals surface area contributed by atoms with Crippen molar-refractivity contribution in [1.82, 2.24) is 0 Å². The molecule has 122 valence electrons. The van der Waals surface area contributed by atoms with Crippen molar-refractivity contribution in [3.05, 3.63) is 47.5 Å². The number of anilines is 2. The van der Waals surface area contributed by atoms with Gasteiger partial charge in [-0.15, -0.1) is 0 Å². The molecule has 1 saturated heterocycles. The standard InChI is InChI=1S/C18H19F3N2/c1-12-4-6-13(7-5-12)15-10-14(18(19,20)21)11-16(22)17(15)23-8-2-3-9-23/h4-7,10-11H,2-3,8-9,22H2,1H3. The van der Waals surface area contributed by atoms with E-state index in [0.29, 0.717) is 5.56 Å². The van der Waals surface area contributed by atoms with Gasteiger partial charge in [0.2, 0.25) is 0 Å². The third-order valence-electron chi connectivity index (χ3n) is 4.25. The average Bonchev–Trinajstić information content (AvgIpc) is 3.00. The lowest BCUT2D eigenvalue weighted by Gasteiger charge is -2.25. The highest BCUT2D eigenvalue weighted by atomic mass is 19.4. The number of benzene rings is 2. The van der Waals surface area contributed by atoms with Gasteiger partial charge < -0.3 is 10.6 Å². The van der Waals surface area contributed by atoms with Crippen LogP contribution in [0.1, 0.15) is 24.0 Å². The van der Waals surface area contributed by atoms with E-state index in [4.69, 9.17) is 5.73 Å². The van der Waals surface area contributed by atoms with Crippen LogP contribution in [0.15, 0.2) is 36.4 Å². The van der Waals surface area contributed by atoms with Gasteiger partial charge in [-0.2, -0.15) is 13.2 Å². The molecule has 1 aliphatic rings. The van der Waals surface area contributed by atoms with Crippen molar-refractivity contribution in [2.24, 2.45) is 0 Å². The summed E-state index contributed by atoms with van der Waals surface area (Å²) in [5.41, 5.74) is 8.62. The van der Waals surface area contributed by atoms with Gasteiger partial charge in [-0.05, 0) is 37.5 Å². The second kappa shape index (κ2) is 5.80. The largest absolute Gasteiger partial charge is 0.416 e. The first-order valence-corrected chi connectivity index (χ1v) is 7.69. The molecular weight excluding hydrogens is 301 g/mol. The van der Waals surface area contributed by atoms with E-state index in [0.717, 1.165) is 48.8 Å². The summed E-state index contributed by atoms with van der Waals surface area (Å²) in [7, 11) is 0. The fraction of sp³-hybridized carbons (Fsp3) is 0.333. The Balaban J connectivity index is 2.19. The lowest BCUT2D eigenvalue weighted by molar-refractivity contribution is -0.137. The molecule has 1 fully saturated rings. The Morgan fingerprint density at radius 2 is 1.61 bits per heavy atom. The molecule has 23 heavy (non-hydrogen) atoms. The molecule has 2 aromatic carbocycles. The first-order valence-electron chi connectivity index (χ1n) is 7.69. The van der Waals surface area contributed by atoms with Crippen LogP contribution in [0.25, 0.3) is 11.1 Å². The van der Waals surface area contributed by atoms with Crippen LogP contribution in [0.5, 0.6) is 0 Å². The quantitative estimate of drug-likeness (QED) is 0.800. The SMILES string of the molecule is Cc1ccc(-c2cc(C(F)(F)F)cc(N)c2N2CCCC2)cc1.